The number of carbonyl (C=O) groups is 2. The van der Waals surface area contributed by atoms with Crippen molar-refractivity contribution < 1.29 is 24.5 Å². The standard InChI is InChI=1S/C73H141NO5/c1-3-5-7-9-11-13-15-17-19-20-21-22-23-25-28-31-34-38-41-45-49-53-57-61-65-71(76)70(69-75)74-72(77)66-62-58-54-50-46-42-39-35-32-29-26-24-27-30-33-36-40-44-48-52-56-60-64-68-79-73(78)67-63-59-55-51-47-43-37-18-16-14-12-10-8-6-4-2/h24,27,29,32,70-71,75-76H,3-23,25-26,28,30-31,33-69H2,1-2H3,(H,74,77)/b27-24-,32-29-. The molecular formula is C73H141NO5. The molecule has 6 heteroatoms. The summed E-state index contributed by atoms with van der Waals surface area (Å²) in [5.74, 6) is -0.0296. The van der Waals surface area contributed by atoms with Crippen LogP contribution >= 0.6 is 0 Å². The van der Waals surface area contributed by atoms with Crippen molar-refractivity contribution in [3.63, 3.8) is 0 Å². The first-order valence-corrected chi connectivity index (χ1v) is 36.1. The number of aliphatic hydroxyl groups is 2. The maximum absolute atomic E-state index is 12.6. The fourth-order valence-electron chi connectivity index (χ4n) is 11.5. The molecule has 0 aromatic heterocycles. The second-order valence-corrected chi connectivity index (χ2v) is 24.9. The van der Waals surface area contributed by atoms with Crippen LogP contribution in [-0.4, -0.2) is 47.4 Å². The van der Waals surface area contributed by atoms with Gasteiger partial charge in [0.1, 0.15) is 0 Å². The van der Waals surface area contributed by atoms with E-state index in [4.69, 9.17) is 4.74 Å². The Labute approximate surface area is 494 Å². The van der Waals surface area contributed by atoms with Crippen molar-refractivity contribution in [1.29, 1.82) is 0 Å². The predicted octanol–water partition coefficient (Wildman–Crippen LogP) is 23.3. The van der Waals surface area contributed by atoms with E-state index in [9.17, 15) is 19.8 Å². The molecular weight excluding hydrogens is 971 g/mol. The highest BCUT2D eigenvalue weighted by Crippen LogP contribution is 2.19. The third-order valence-electron chi connectivity index (χ3n) is 17.0. The molecule has 2 unspecified atom stereocenters. The van der Waals surface area contributed by atoms with Crippen molar-refractivity contribution >= 4 is 11.9 Å². The number of nitrogens with one attached hydrogen (secondary N) is 1. The first kappa shape index (κ1) is 77.3. The lowest BCUT2D eigenvalue weighted by Gasteiger charge is -2.22. The van der Waals surface area contributed by atoms with Crippen LogP contribution < -0.4 is 5.32 Å². The number of ether oxygens (including phenoxy) is 1. The van der Waals surface area contributed by atoms with Gasteiger partial charge in [-0.05, 0) is 57.8 Å². The molecule has 3 N–H and O–H groups in total. The van der Waals surface area contributed by atoms with Crippen molar-refractivity contribution in [1.82, 2.24) is 5.32 Å². The van der Waals surface area contributed by atoms with E-state index in [-0.39, 0.29) is 18.5 Å². The highest BCUT2D eigenvalue weighted by Gasteiger charge is 2.20. The molecule has 0 heterocycles. The molecule has 0 radical (unpaired) electrons. The smallest absolute Gasteiger partial charge is 0.305 e. The van der Waals surface area contributed by atoms with Crippen LogP contribution in [0.1, 0.15) is 406 Å². The van der Waals surface area contributed by atoms with Gasteiger partial charge in [0.25, 0.3) is 0 Å². The first-order valence-electron chi connectivity index (χ1n) is 36.1. The Bertz CT molecular complexity index is 1230. The average molecular weight is 1110 g/mol. The van der Waals surface area contributed by atoms with Crippen LogP contribution in [0.5, 0.6) is 0 Å². The number of hydrogen-bond acceptors (Lipinski definition) is 5. The molecule has 1 amide bonds. The molecule has 0 saturated heterocycles. The topological polar surface area (TPSA) is 95.9 Å². The van der Waals surface area contributed by atoms with Crippen molar-refractivity contribution in [2.24, 2.45) is 0 Å². The molecule has 0 aromatic carbocycles. The fourth-order valence-corrected chi connectivity index (χ4v) is 11.5. The van der Waals surface area contributed by atoms with Crippen molar-refractivity contribution in [2.45, 2.75) is 418 Å². The molecule has 0 rings (SSSR count). The Morgan fingerprint density at radius 3 is 0.962 bits per heavy atom. The fraction of sp³-hybridized carbons (Fsp3) is 0.918. The van der Waals surface area contributed by atoms with Crippen molar-refractivity contribution in [3.8, 4) is 0 Å². The zero-order valence-electron chi connectivity index (χ0n) is 53.6. The van der Waals surface area contributed by atoms with Crippen LogP contribution in [0, 0.1) is 0 Å². The van der Waals surface area contributed by atoms with Gasteiger partial charge in [-0.2, -0.15) is 0 Å². The molecule has 0 aliphatic rings. The lowest BCUT2D eigenvalue weighted by Crippen LogP contribution is -2.45. The Balaban J connectivity index is 3.43. The number of carbonyl (C=O) groups excluding carboxylic acids is 2. The monoisotopic (exact) mass is 1110 g/mol. The molecule has 0 fully saturated rings. The van der Waals surface area contributed by atoms with E-state index >= 15 is 0 Å². The van der Waals surface area contributed by atoms with E-state index in [0.29, 0.717) is 25.9 Å². The third-order valence-corrected chi connectivity index (χ3v) is 17.0. The van der Waals surface area contributed by atoms with Crippen LogP contribution in [0.4, 0.5) is 0 Å². The lowest BCUT2D eigenvalue weighted by atomic mass is 10.0. The number of aliphatic hydroxyl groups excluding tert-OH is 2. The molecule has 2 atom stereocenters. The van der Waals surface area contributed by atoms with Gasteiger partial charge in [0.2, 0.25) is 5.91 Å². The van der Waals surface area contributed by atoms with Crippen molar-refractivity contribution in [2.75, 3.05) is 13.2 Å². The minimum absolute atomic E-state index is 0.0110. The van der Waals surface area contributed by atoms with Gasteiger partial charge in [-0.1, -0.05) is 359 Å². The molecule has 0 aromatic rings. The summed E-state index contributed by atoms with van der Waals surface area (Å²) >= 11 is 0. The van der Waals surface area contributed by atoms with Gasteiger partial charge >= 0.3 is 5.97 Å². The Morgan fingerprint density at radius 1 is 0.354 bits per heavy atom. The van der Waals surface area contributed by atoms with E-state index < -0.39 is 12.1 Å². The molecule has 0 aliphatic carbocycles. The predicted molar refractivity (Wildman–Crippen MR) is 347 cm³/mol. The number of unbranched alkanes of at least 4 members (excludes halogenated alkanes) is 53. The first-order chi connectivity index (χ1) is 39.0. The van der Waals surface area contributed by atoms with Gasteiger partial charge in [-0.3, -0.25) is 9.59 Å². The summed E-state index contributed by atoms with van der Waals surface area (Å²) in [5, 5.41) is 23.4. The number of esters is 1. The summed E-state index contributed by atoms with van der Waals surface area (Å²) in [4.78, 5) is 24.6. The van der Waals surface area contributed by atoms with Crippen LogP contribution in [0.3, 0.4) is 0 Å². The zero-order chi connectivity index (χ0) is 57.1. The zero-order valence-corrected chi connectivity index (χ0v) is 53.6. The number of amides is 1. The van der Waals surface area contributed by atoms with E-state index in [1.165, 1.54) is 327 Å². The second-order valence-electron chi connectivity index (χ2n) is 24.9. The van der Waals surface area contributed by atoms with Gasteiger partial charge in [0, 0.05) is 12.8 Å². The number of allylic oxidation sites excluding steroid dienone is 4. The molecule has 0 bridgehead atoms. The summed E-state index contributed by atoms with van der Waals surface area (Å²) in [6, 6.07) is -0.551. The van der Waals surface area contributed by atoms with Gasteiger partial charge in [0.05, 0.1) is 25.4 Å². The van der Waals surface area contributed by atoms with Gasteiger partial charge in [0.15, 0.2) is 0 Å². The van der Waals surface area contributed by atoms with Crippen LogP contribution in [0.2, 0.25) is 0 Å². The highest BCUT2D eigenvalue weighted by molar-refractivity contribution is 5.76. The molecule has 468 valence electrons. The minimum Gasteiger partial charge on any atom is -0.466 e. The van der Waals surface area contributed by atoms with E-state index in [1.54, 1.807) is 0 Å². The van der Waals surface area contributed by atoms with Gasteiger partial charge < -0.3 is 20.3 Å². The highest BCUT2D eigenvalue weighted by atomic mass is 16.5. The Kier molecular flexibility index (Phi) is 67.4. The van der Waals surface area contributed by atoms with Crippen LogP contribution in [0.25, 0.3) is 0 Å². The Hall–Kier alpha value is -1.66. The minimum atomic E-state index is -0.672. The average Bonchev–Trinajstić information content (AvgIpc) is 3.45. The Morgan fingerprint density at radius 2 is 0.633 bits per heavy atom. The van der Waals surface area contributed by atoms with E-state index in [1.807, 2.05) is 0 Å². The molecule has 0 aliphatic heterocycles. The second kappa shape index (κ2) is 68.8. The van der Waals surface area contributed by atoms with Crippen LogP contribution in [-0.2, 0) is 14.3 Å². The number of hydrogen-bond donors (Lipinski definition) is 3. The largest absolute Gasteiger partial charge is 0.466 e. The summed E-state index contributed by atoms with van der Waals surface area (Å²) in [6.07, 6.45) is 86.5. The van der Waals surface area contributed by atoms with Gasteiger partial charge in [-0.25, -0.2) is 0 Å². The maximum atomic E-state index is 12.6. The van der Waals surface area contributed by atoms with E-state index in [2.05, 4.69) is 43.5 Å². The summed E-state index contributed by atoms with van der Waals surface area (Å²) in [5.41, 5.74) is 0. The van der Waals surface area contributed by atoms with Gasteiger partial charge in [-0.15, -0.1) is 0 Å². The third kappa shape index (κ3) is 65.4. The molecule has 0 spiro atoms. The van der Waals surface area contributed by atoms with Crippen molar-refractivity contribution in [3.05, 3.63) is 24.3 Å². The SMILES string of the molecule is CCCCCCCCCCCCCCCCCCCCCCCCCCC(O)C(CO)NC(=O)CCCCCCCCC/C=C\C/C=C\CCCCCCCCCCCOC(=O)CCCCCCCCCCCCCCCCC. The lowest BCUT2D eigenvalue weighted by molar-refractivity contribution is -0.143. The molecule has 79 heavy (non-hydrogen) atoms. The number of rotatable bonds is 68. The molecule has 0 saturated carbocycles. The summed E-state index contributed by atoms with van der Waals surface area (Å²) < 4.78 is 5.49. The van der Waals surface area contributed by atoms with Crippen LogP contribution in [0.15, 0.2) is 24.3 Å². The summed E-state index contributed by atoms with van der Waals surface area (Å²) in [7, 11) is 0. The summed E-state index contributed by atoms with van der Waals surface area (Å²) in [6.45, 7) is 4.99. The molecule has 6 nitrogen and oxygen atoms in total. The normalized spacial score (nSPS) is 12.6. The quantitative estimate of drug-likeness (QED) is 0.0320. The maximum Gasteiger partial charge on any atom is 0.305 e. The van der Waals surface area contributed by atoms with E-state index in [0.717, 1.165) is 44.9 Å².